The van der Waals surface area contributed by atoms with Gasteiger partial charge in [0.15, 0.2) is 0 Å². The molecule has 0 radical (unpaired) electrons. The van der Waals surface area contributed by atoms with Gasteiger partial charge in [-0.3, -0.25) is 4.79 Å². The molecule has 0 aliphatic rings. The zero-order chi connectivity index (χ0) is 17.9. The third-order valence-corrected chi connectivity index (χ3v) is 3.61. The van der Waals surface area contributed by atoms with Crippen LogP contribution >= 0.6 is 0 Å². The first-order valence-electron chi connectivity index (χ1n) is 9.66. The van der Waals surface area contributed by atoms with E-state index in [2.05, 4.69) is 26.1 Å². The average molecular weight is 346 g/mol. The summed E-state index contributed by atoms with van der Waals surface area (Å²) in [6, 6.07) is 0. The topological polar surface area (TPSA) is 56.8 Å². The van der Waals surface area contributed by atoms with Gasteiger partial charge in [-0.15, -0.1) is 0 Å². The van der Waals surface area contributed by atoms with Gasteiger partial charge in [-0.05, 0) is 25.2 Å². The van der Waals surface area contributed by atoms with Crippen molar-refractivity contribution in [2.45, 2.75) is 65.7 Å². The monoisotopic (exact) mass is 345 g/mol. The molecule has 0 saturated heterocycles. The largest absolute Gasteiger partial charge is 0.379 e. The number of carbonyl (C=O) groups is 1. The molecule has 0 rings (SSSR count). The summed E-state index contributed by atoms with van der Waals surface area (Å²) in [4.78, 5) is 11.6. The molecule has 0 aromatic rings. The van der Waals surface area contributed by atoms with Gasteiger partial charge < -0.3 is 19.5 Å². The molecule has 1 amide bonds. The summed E-state index contributed by atoms with van der Waals surface area (Å²) in [6.45, 7) is 11.2. The van der Waals surface area contributed by atoms with Crippen LogP contribution in [0.25, 0.3) is 0 Å². The highest BCUT2D eigenvalue weighted by Crippen LogP contribution is 2.05. The number of amides is 1. The summed E-state index contributed by atoms with van der Waals surface area (Å²) >= 11 is 0. The molecule has 0 unspecified atom stereocenters. The number of rotatable bonds is 18. The van der Waals surface area contributed by atoms with Crippen LogP contribution in [0.15, 0.2) is 0 Å². The van der Waals surface area contributed by atoms with Gasteiger partial charge in [0.2, 0.25) is 5.91 Å². The SMILES string of the molecule is CCCCCOCCOCCOCCCNC(=O)CCCC(C)C. The summed E-state index contributed by atoms with van der Waals surface area (Å²) in [5.41, 5.74) is 0. The number of carbonyl (C=O) groups excluding carboxylic acids is 1. The molecule has 1 N–H and O–H groups in total. The lowest BCUT2D eigenvalue weighted by atomic mass is 10.1. The summed E-state index contributed by atoms with van der Waals surface area (Å²) in [7, 11) is 0. The van der Waals surface area contributed by atoms with E-state index in [0.29, 0.717) is 51.9 Å². The Hall–Kier alpha value is -0.650. The Labute approximate surface area is 148 Å². The van der Waals surface area contributed by atoms with E-state index in [0.717, 1.165) is 32.3 Å². The van der Waals surface area contributed by atoms with E-state index in [1.807, 2.05) is 0 Å². The minimum absolute atomic E-state index is 0.151. The molecule has 0 aliphatic heterocycles. The second kappa shape index (κ2) is 18.7. The first kappa shape index (κ1) is 23.4. The van der Waals surface area contributed by atoms with Crippen LogP contribution in [-0.2, 0) is 19.0 Å². The molecule has 0 atom stereocenters. The number of hydrogen-bond donors (Lipinski definition) is 1. The van der Waals surface area contributed by atoms with Crippen LogP contribution in [-0.4, -0.2) is 52.1 Å². The summed E-state index contributed by atoms with van der Waals surface area (Å²) in [6.07, 6.45) is 7.14. The zero-order valence-electron chi connectivity index (χ0n) is 16.1. The minimum Gasteiger partial charge on any atom is -0.379 e. The number of hydrogen-bond acceptors (Lipinski definition) is 4. The van der Waals surface area contributed by atoms with Gasteiger partial charge in [0.05, 0.1) is 26.4 Å². The first-order valence-corrected chi connectivity index (χ1v) is 9.66. The highest BCUT2D eigenvalue weighted by Gasteiger charge is 2.01. The van der Waals surface area contributed by atoms with E-state index in [1.54, 1.807) is 0 Å². The smallest absolute Gasteiger partial charge is 0.219 e. The Kier molecular flexibility index (Phi) is 18.2. The summed E-state index contributed by atoms with van der Waals surface area (Å²) in [5, 5.41) is 2.93. The van der Waals surface area contributed by atoms with Crippen molar-refractivity contribution in [2.75, 3.05) is 46.2 Å². The van der Waals surface area contributed by atoms with E-state index in [4.69, 9.17) is 14.2 Å². The molecule has 0 bridgehead atoms. The second-order valence-electron chi connectivity index (χ2n) is 6.53. The van der Waals surface area contributed by atoms with Crippen LogP contribution in [0, 0.1) is 5.92 Å². The van der Waals surface area contributed by atoms with Crippen LogP contribution < -0.4 is 5.32 Å². The van der Waals surface area contributed by atoms with Gasteiger partial charge in [-0.25, -0.2) is 0 Å². The summed E-state index contributed by atoms with van der Waals surface area (Å²) < 4.78 is 16.4. The predicted molar refractivity (Wildman–Crippen MR) is 98.3 cm³/mol. The van der Waals surface area contributed by atoms with Crippen molar-refractivity contribution in [3.05, 3.63) is 0 Å². The Morgan fingerprint density at radius 3 is 2.00 bits per heavy atom. The van der Waals surface area contributed by atoms with Crippen molar-refractivity contribution in [2.24, 2.45) is 5.92 Å². The van der Waals surface area contributed by atoms with Crippen LogP contribution in [0.4, 0.5) is 0 Å². The van der Waals surface area contributed by atoms with Crippen molar-refractivity contribution < 1.29 is 19.0 Å². The van der Waals surface area contributed by atoms with Gasteiger partial charge in [0.25, 0.3) is 0 Å². The van der Waals surface area contributed by atoms with Crippen molar-refractivity contribution in [3.8, 4) is 0 Å². The fourth-order valence-corrected chi connectivity index (χ4v) is 2.16. The van der Waals surface area contributed by atoms with Gasteiger partial charge in [-0.1, -0.05) is 40.0 Å². The number of unbranched alkanes of at least 4 members (excludes halogenated alkanes) is 2. The molecule has 144 valence electrons. The molecule has 5 nitrogen and oxygen atoms in total. The van der Waals surface area contributed by atoms with Crippen LogP contribution in [0.3, 0.4) is 0 Å². The van der Waals surface area contributed by atoms with Crippen LogP contribution in [0.1, 0.15) is 65.7 Å². The average Bonchev–Trinajstić information content (AvgIpc) is 2.55. The maximum atomic E-state index is 11.6. The van der Waals surface area contributed by atoms with Crippen LogP contribution in [0.5, 0.6) is 0 Å². The molecule has 0 aromatic heterocycles. The molecular weight excluding hydrogens is 306 g/mol. The number of nitrogens with one attached hydrogen (secondary N) is 1. The molecule has 5 heteroatoms. The van der Waals surface area contributed by atoms with Crippen molar-refractivity contribution in [3.63, 3.8) is 0 Å². The summed E-state index contributed by atoms with van der Waals surface area (Å²) in [5.74, 6) is 0.818. The van der Waals surface area contributed by atoms with Gasteiger partial charge in [-0.2, -0.15) is 0 Å². The molecular formula is C19H39NO4. The quantitative estimate of drug-likeness (QED) is 0.386. The van der Waals surface area contributed by atoms with E-state index in [-0.39, 0.29) is 5.91 Å². The van der Waals surface area contributed by atoms with Crippen LogP contribution in [0.2, 0.25) is 0 Å². The predicted octanol–water partition coefficient (Wildman–Crippen LogP) is 3.56. The maximum Gasteiger partial charge on any atom is 0.219 e. The Balaban J connectivity index is 3.10. The fourth-order valence-electron chi connectivity index (χ4n) is 2.16. The van der Waals surface area contributed by atoms with Crippen molar-refractivity contribution in [1.29, 1.82) is 0 Å². The maximum absolute atomic E-state index is 11.6. The van der Waals surface area contributed by atoms with Crippen molar-refractivity contribution in [1.82, 2.24) is 5.32 Å². The molecule has 0 fully saturated rings. The Bertz CT molecular complexity index is 272. The lowest BCUT2D eigenvalue weighted by Crippen LogP contribution is -2.25. The zero-order valence-corrected chi connectivity index (χ0v) is 16.1. The highest BCUT2D eigenvalue weighted by molar-refractivity contribution is 5.75. The lowest BCUT2D eigenvalue weighted by Gasteiger charge is -2.08. The third kappa shape index (κ3) is 19.4. The minimum atomic E-state index is 0.151. The van der Waals surface area contributed by atoms with Crippen molar-refractivity contribution >= 4 is 5.91 Å². The number of ether oxygens (including phenoxy) is 3. The van der Waals surface area contributed by atoms with E-state index < -0.39 is 0 Å². The van der Waals surface area contributed by atoms with E-state index in [1.165, 1.54) is 12.8 Å². The Morgan fingerprint density at radius 2 is 1.42 bits per heavy atom. The van der Waals surface area contributed by atoms with Gasteiger partial charge >= 0.3 is 0 Å². The second-order valence-corrected chi connectivity index (χ2v) is 6.53. The first-order chi connectivity index (χ1) is 11.7. The third-order valence-electron chi connectivity index (χ3n) is 3.61. The molecule has 0 aliphatic carbocycles. The van der Waals surface area contributed by atoms with E-state index >= 15 is 0 Å². The van der Waals surface area contributed by atoms with E-state index in [9.17, 15) is 4.79 Å². The molecule has 0 spiro atoms. The molecule has 0 aromatic carbocycles. The standard InChI is InChI=1S/C19H39NO4/c1-4-5-6-12-22-14-16-24-17-15-23-13-8-11-20-19(21)10-7-9-18(2)3/h18H,4-17H2,1-3H3,(H,20,21). The lowest BCUT2D eigenvalue weighted by molar-refractivity contribution is -0.121. The molecule has 0 saturated carbocycles. The van der Waals surface area contributed by atoms with Gasteiger partial charge in [0.1, 0.15) is 0 Å². The Morgan fingerprint density at radius 1 is 0.833 bits per heavy atom. The molecule has 24 heavy (non-hydrogen) atoms. The molecule has 0 heterocycles. The highest BCUT2D eigenvalue weighted by atomic mass is 16.5. The van der Waals surface area contributed by atoms with Gasteiger partial charge in [0, 0.05) is 26.2 Å². The fraction of sp³-hybridized carbons (Fsp3) is 0.947. The normalized spacial score (nSPS) is 11.2.